The normalized spacial score (nSPS) is 19.9. The third-order valence-corrected chi connectivity index (χ3v) is 3.87. The molecule has 0 aromatic heterocycles. The van der Waals surface area contributed by atoms with Gasteiger partial charge in [-0.05, 0) is 19.4 Å². The van der Waals surface area contributed by atoms with Gasteiger partial charge in [-0.15, -0.1) is 0 Å². The molecule has 0 bridgehead atoms. The van der Waals surface area contributed by atoms with E-state index in [4.69, 9.17) is 9.47 Å². The number of nitriles is 1. The van der Waals surface area contributed by atoms with E-state index in [1.165, 1.54) is 11.1 Å². The number of hydrogen-bond acceptors (Lipinski definition) is 3. The summed E-state index contributed by atoms with van der Waals surface area (Å²) in [5.74, 6) is -0.590. The first-order valence-corrected chi connectivity index (χ1v) is 6.09. The van der Waals surface area contributed by atoms with Gasteiger partial charge >= 0.3 is 0 Å². The van der Waals surface area contributed by atoms with E-state index in [-0.39, 0.29) is 0 Å². The molecule has 0 heterocycles. The fraction of sp³-hybridized carbons (Fsp3) is 0.533. The van der Waals surface area contributed by atoms with E-state index in [0.717, 1.165) is 5.56 Å². The molecule has 1 aliphatic rings. The van der Waals surface area contributed by atoms with Crippen molar-refractivity contribution in [3.8, 4) is 6.07 Å². The van der Waals surface area contributed by atoms with Crippen molar-refractivity contribution in [1.82, 2.24) is 0 Å². The molecule has 1 aromatic carbocycles. The second-order valence-corrected chi connectivity index (χ2v) is 5.24. The maximum absolute atomic E-state index is 9.53. The zero-order valence-electron chi connectivity index (χ0n) is 11.4. The lowest BCUT2D eigenvalue weighted by Crippen LogP contribution is -2.56. The van der Waals surface area contributed by atoms with Gasteiger partial charge < -0.3 is 9.47 Å². The molecule has 18 heavy (non-hydrogen) atoms. The molecule has 0 atom stereocenters. The average Bonchev–Trinajstić information content (AvgIpc) is 2.29. The highest BCUT2D eigenvalue weighted by Crippen LogP contribution is 2.52. The summed E-state index contributed by atoms with van der Waals surface area (Å²) in [7, 11) is 3.26. The van der Waals surface area contributed by atoms with Crippen LogP contribution in [-0.4, -0.2) is 20.0 Å². The fourth-order valence-electron chi connectivity index (χ4n) is 2.84. The topological polar surface area (TPSA) is 42.2 Å². The summed E-state index contributed by atoms with van der Waals surface area (Å²) in [5, 5.41) is 9.53. The Labute approximate surface area is 108 Å². The van der Waals surface area contributed by atoms with Gasteiger partial charge in [-0.3, -0.25) is 0 Å². The Balaban J connectivity index is 2.35. The van der Waals surface area contributed by atoms with Crippen molar-refractivity contribution in [3.05, 3.63) is 34.9 Å². The van der Waals surface area contributed by atoms with Crippen LogP contribution in [0.4, 0.5) is 0 Å². The van der Waals surface area contributed by atoms with E-state index in [1.54, 1.807) is 14.2 Å². The Morgan fingerprint density at radius 3 is 1.94 bits per heavy atom. The van der Waals surface area contributed by atoms with Crippen LogP contribution < -0.4 is 0 Å². The molecular weight excluding hydrogens is 226 g/mol. The van der Waals surface area contributed by atoms with Crippen molar-refractivity contribution >= 4 is 0 Å². The highest BCUT2D eigenvalue weighted by molar-refractivity contribution is 5.42. The van der Waals surface area contributed by atoms with Gasteiger partial charge in [0.2, 0.25) is 0 Å². The van der Waals surface area contributed by atoms with Gasteiger partial charge in [0.25, 0.3) is 0 Å². The predicted molar refractivity (Wildman–Crippen MR) is 69.2 cm³/mol. The first-order chi connectivity index (χ1) is 8.49. The van der Waals surface area contributed by atoms with Gasteiger partial charge in [-0.1, -0.05) is 29.3 Å². The first-order valence-electron chi connectivity index (χ1n) is 6.09. The Morgan fingerprint density at radius 2 is 1.56 bits per heavy atom. The van der Waals surface area contributed by atoms with Crippen molar-refractivity contribution in [2.45, 2.75) is 37.9 Å². The summed E-state index contributed by atoms with van der Waals surface area (Å²) in [6, 6.07) is 8.74. The summed E-state index contributed by atoms with van der Waals surface area (Å²) in [6.07, 6.45) is 1.18. The molecule has 0 spiro atoms. The first kappa shape index (κ1) is 13.1. The summed E-state index contributed by atoms with van der Waals surface area (Å²) in [4.78, 5) is 0. The second-order valence-electron chi connectivity index (χ2n) is 5.24. The van der Waals surface area contributed by atoms with Crippen LogP contribution in [0.3, 0.4) is 0 Å². The van der Waals surface area contributed by atoms with Crippen LogP contribution in [-0.2, 0) is 14.9 Å². The smallest absolute Gasteiger partial charge is 0.171 e. The maximum Gasteiger partial charge on any atom is 0.171 e. The van der Waals surface area contributed by atoms with Gasteiger partial charge in [-0.25, -0.2) is 0 Å². The van der Waals surface area contributed by atoms with Gasteiger partial charge in [0.15, 0.2) is 5.79 Å². The summed E-state index contributed by atoms with van der Waals surface area (Å²) in [6.45, 7) is 4.11. The minimum atomic E-state index is -0.590. The zero-order valence-corrected chi connectivity index (χ0v) is 11.4. The lowest BCUT2D eigenvalue weighted by molar-refractivity contribution is -0.269. The molecular formula is C15H19NO2. The highest BCUT2D eigenvalue weighted by Gasteiger charge is 2.57. The number of methoxy groups -OCH3 is 2. The number of hydrogen-bond donors (Lipinski definition) is 0. The number of aryl methyl sites for hydroxylation is 2. The van der Waals surface area contributed by atoms with Crippen LogP contribution >= 0.6 is 0 Å². The van der Waals surface area contributed by atoms with E-state index < -0.39 is 11.2 Å². The third-order valence-electron chi connectivity index (χ3n) is 3.87. The Hall–Kier alpha value is -1.37. The largest absolute Gasteiger partial charge is 0.353 e. The highest BCUT2D eigenvalue weighted by atomic mass is 16.7. The Morgan fingerprint density at radius 1 is 1.06 bits per heavy atom. The molecule has 0 saturated heterocycles. The number of benzene rings is 1. The van der Waals surface area contributed by atoms with E-state index >= 15 is 0 Å². The molecule has 2 rings (SSSR count). The van der Waals surface area contributed by atoms with E-state index in [2.05, 4.69) is 38.1 Å². The average molecular weight is 245 g/mol. The lowest BCUT2D eigenvalue weighted by atomic mass is 9.61. The maximum atomic E-state index is 9.53. The van der Waals surface area contributed by atoms with Crippen LogP contribution in [0, 0.1) is 25.2 Å². The van der Waals surface area contributed by atoms with Crippen molar-refractivity contribution < 1.29 is 9.47 Å². The Bertz CT molecular complexity index is 469. The molecule has 0 amide bonds. The zero-order chi connectivity index (χ0) is 13.4. The number of rotatable bonds is 3. The van der Waals surface area contributed by atoms with Crippen LogP contribution in [0.2, 0.25) is 0 Å². The van der Waals surface area contributed by atoms with Crippen LogP contribution in [0.15, 0.2) is 18.2 Å². The SMILES string of the molecule is COC1(OC)CC(C#N)(c2cc(C)cc(C)c2)C1. The van der Waals surface area contributed by atoms with E-state index in [9.17, 15) is 5.26 Å². The second kappa shape index (κ2) is 4.38. The van der Waals surface area contributed by atoms with Crippen LogP contribution in [0.1, 0.15) is 29.5 Å². The molecule has 0 N–H and O–H groups in total. The van der Waals surface area contributed by atoms with Crippen molar-refractivity contribution in [2.24, 2.45) is 0 Å². The summed E-state index contributed by atoms with van der Waals surface area (Å²) >= 11 is 0. The molecule has 3 heteroatoms. The molecule has 1 fully saturated rings. The molecule has 1 aromatic rings. The predicted octanol–water partition coefficient (Wildman–Crippen LogP) is 2.85. The summed E-state index contributed by atoms with van der Waals surface area (Å²) in [5.41, 5.74) is 2.98. The van der Waals surface area contributed by atoms with Gasteiger partial charge in [0.1, 0.15) is 0 Å². The molecule has 1 aliphatic carbocycles. The van der Waals surface area contributed by atoms with E-state index in [0.29, 0.717) is 12.8 Å². The summed E-state index contributed by atoms with van der Waals surface area (Å²) < 4.78 is 10.8. The van der Waals surface area contributed by atoms with Crippen LogP contribution in [0.25, 0.3) is 0 Å². The van der Waals surface area contributed by atoms with Crippen molar-refractivity contribution in [3.63, 3.8) is 0 Å². The van der Waals surface area contributed by atoms with Gasteiger partial charge in [0, 0.05) is 27.1 Å². The van der Waals surface area contributed by atoms with Crippen molar-refractivity contribution in [1.29, 1.82) is 5.26 Å². The molecule has 96 valence electrons. The standard InChI is InChI=1S/C15H19NO2/c1-11-5-12(2)7-13(6-11)14(10-16)8-15(9-14,17-3)18-4/h5-7H,8-9H2,1-4H3. The molecule has 3 nitrogen and oxygen atoms in total. The Kier molecular flexibility index (Phi) is 3.18. The minimum Gasteiger partial charge on any atom is -0.353 e. The quantitative estimate of drug-likeness (QED) is 0.769. The van der Waals surface area contributed by atoms with E-state index in [1.807, 2.05) is 0 Å². The van der Waals surface area contributed by atoms with Crippen LogP contribution in [0.5, 0.6) is 0 Å². The monoisotopic (exact) mass is 245 g/mol. The van der Waals surface area contributed by atoms with Gasteiger partial charge in [-0.2, -0.15) is 5.26 Å². The van der Waals surface area contributed by atoms with Crippen molar-refractivity contribution in [2.75, 3.05) is 14.2 Å². The molecule has 0 radical (unpaired) electrons. The van der Waals surface area contributed by atoms with Gasteiger partial charge in [0.05, 0.1) is 11.5 Å². The number of nitrogens with zero attached hydrogens (tertiary/aromatic N) is 1. The number of ether oxygens (including phenoxy) is 2. The molecule has 1 saturated carbocycles. The minimum absolute atomic E-state index is 0.469. The molecule has 0 aliphatic heterocycles. The fourth-order valence-corrected chi connectivity index (χ4v) is 2.84. The third kappa shape index (κ3) is 1.92. The lowest BCUT2D eigenvalue weighted by Gasteiger charge is -2.50. The molecule has 0 unspecified atom stereocenters.